The van der Waals surface area contributed by atoms with Crippen LogP contribution in [0.15, 0.2) is 42.5 Å². The highest BCUT2D eigenvalue weighted by Gasteiger charge is 2.37. The van der Waals surface area contributed by atoms with Crippen molar-refractivity contribution in [1.82, 2.24) is 0 Å². The first-order chi connectivity index (χ1) is 12.6. The van der Waals surface area contributed by atoms with E-state index in [9.17, 15) is 9.59 Å². The predicted octanol–water partition coefficient (Wildman–Crippen LogP) is 4.70. The number of fused-ring (bicyclic) bond motifs is 1. The molecule has 0 bridgehead atoms. The molecule has 0 saturated heterocycles. The summed E-state index contributed by atoms with van der Waals surface area (Å²) in [6.45, 7) is 9.01. The molecule has 0 atom stereocenters. The monoisotopic (exact) mass is 360 g/mol. The lowest BCUT2D eigenvalue weighted by atomic mass is 9.63. The SMILES string of the molecule is CC1(C)CCC(C)(C)c2cc(C(=O)c3ccc(C#CC(=O)O)cc3)ccc21. The van der Waals surface area contributed by atoms with Crippen molar-refractivity contribution in [3.8, 4) is 11.8 Å². The minimum absolute atomic E-state index is 0.0327. The van der Waals surface area contributed by atoms with Crippen molar-refractivity contribution in [3.63, 3.8) is 0 Å². The highest BCUT2D eigenvalue weighted by Crippen LogP contribution is 2.46. The fourth-order valence-electron chi connectivity index (χ4n) is 3.73. The van der Waals surface area contributed by atoms with Gasteiger partial charge in [0.2, 0.25) is 0 Å². The van der Waals surface area contributed by atoms with Gasteiger partial charge in [-0.3, -0.25) is 4.79 Å². The van der Waals surface area contributed by atoms with Gasteiger partial charge in [0, 0.05) is 22.6 Å². The molecule has 3 heteroatoms. The van der Waals surface area contributed by atoms with Crippen LogP contribution in [0.1, 0.15) is 73.1 Å². The Balaban J connectivity index is 1.95. The van der Waals surface area contributed by atoms with E-state index in [0.717, 1.165) is 12.8 Å². The van der Waals surface area contributed by atoms with Crippen molar-refractivity contribution in [3.05, 3.63) is 70.3 Å². The van der Waals surface area contributed by atoms with Gasteiger partial charge < -0.3 is 5.11 Å². The summed E-state index contributed by atoms with van der Waals surface area (Å²) in [6.07, 6.45) is 2.24. The maximum Gasteiger partial charge on any atom is 0.382 e. The minimum Gasteiger partial charge on any atom is -0.472 e. The van der Waals surface area contributed by atoms with Crippen LogP contribution in [0.4, 0.5) is 0 Å². The van der Waals surface area contributed by atoms with Crippen LogP contribution in [-0.4, -0.2) is 16.9 Å². The predicted molar refractivity (Wildman–Crippen MR) is 106 cm³/mol. The van der Waals surface area contributed by atoms with Crippen molar-refractivity contribution in [2.45, 2.75) is 51.4 Å². The molecule has 0 amide bonds. The molecule has 0 saturated carbocycles. The van der Waals surface area contributed by atoms with E-state index in [1.165, 1.54) is 11.1 Å². The summed E-state index contributed by atoms with van der Waals surface area (Å²) in [6, 6.07) is 12.8. The molecule has 3 rings (SSSR count). The molecule has 27 heavy (non-hydrogen) atoms. The van der Waals surface area contributed by atoms with Gasteiger partial charge in [0.15, 0.2) is 5.78 Å². The third-order valence-corrected chi connectivity index (χ3v) is 5.58. The highest BCUT2D eigenvalue weighted by atomic mass is 16.4. The molecule has 0 aliphatic heterocycles. The van der Waals surface area contributed by atoms with Gasteiger partial charge >= 0.3 is 5.97 Å². The molecule has 1 aliphatic rings. The van der Waals surface area contributed by atoms with Crippen molar-refractivity contribution >= 4 is 11.8 Å². The van der Waals surface area contributed by atoms with Crippen molar-refractivity contribution in [2.75, 3.05) is 0 Å². The Bertz CT molecular complexity index is 967. The molecular formula is C24H24O3. The molecule has 1 N–H and O–H groups in total. The maximum absolute atomic E-state index is 13.0. The molecule has 2 aromatic carbocycles. The fourth-order valence-corrected chi connectivity index (χ4v) is 3.73. The summed E-state index contributed by atoms with van der Waals surface area (Å²) >= 11 is 0. The normalized spacial score (nSPS) is 16.6. The second-order valence-electron chi connectivity index (χ2n) is 8.49. The summed E-state index contributed by atoms with van der Waals surface area (Å²) in [5, 5.41) is 8.61. The molecule has 0 aromatic heterocycles. The number of ketones is 1. The molecule has 0 radical (unpaired) electrons. The zero-order valence-electron chi connectivity index (χ0n) is 16.2. The molecule has 0 fully saturated rings. The number of carboxylic acids is 1. The van der Waals surface area contributed by atoms with Crippen LogP contribution in [-0.2, 0) is 15.6 Å². The lowest BCUT2D eigenvalue weighted by Gasteiger charge is -2.42. The van der Waals surface area contributed by atoms with Crippen LogP contribution in [0, 0.1) is 11.8 Å². The average molecular weight is 360 g/mol. The van der Waals surface area contributed by atoms with Crippen LogP contribution in [0.25, 0.3) is 0 Å². The Morgan fingerprint density at radius 3 is 2.00 bits per heavy atom. The molecule has 3 nitrogen and oxygen atoms in total. The quantitative estimate of drug-likeness (QED) is 0.624. The number of rotatable bonds is 2. The van der Waals surface area contributed by atoms with Gasteiger partial charge in [-0.05, 0) is 65.1 Å². The summed E-state index contributed by atoms with van der Waals surface area (Å²) < 4.78 is 0. The smallest absolute Gasteiger partial charge is 0.382 e. The molecule has 0 heterocycles. The lowest BCUT2D eigenvalue weighted by Crippen LogP contribution is -2.34. The minimum atomic E-state index is -1.17. The molecule has 138 valence electrons. The van der Waals surface area contributed by atoms with E-state index in [0.29, 0.717) is 16.7 Å². The Labute approximate surface area is 160 Å². The Morgan fingerprint density at radius 1 is 0.852 bits per heavy atom. The first-order valence-electron chi connectivity index (χ1n) is 9.15. The molecule has 2 aromatic rings. The Kier molecular flexibility index (Phi) is 4.70. The van der Waals surface area contributed by atoms with E-state index < -0.39 is 5.97 Å². The second kappa shape index (κ2) is 6.70. The van der Waals surface area contributed by atoms with Gasteiger partial charge in [0.05, 0.1) is 0 Å². The van der Waals surface area contributed by atoms with Gasteiger partial charge in [-0.15, -0.1) is 0 Å². The first-order valence-corrected chi connectivity index (χ1v) is 9.15. The Hall–Kier alpha value is -2.86. The largest absolute Gasteiger partial charge is 0.472 e. The number of hydrogen-bond donors (Lipinski definition) is 1. The van der Waals surface area contributed by atoms with Crippen LogP contribution >= 0.6 is 0 Å². The molecular weight excluding hydrogens is 336 g/mol. The van der Waals surface area contributed by atoms with Gasteiger partial charge in [-0.1, -0.05) is 45.7 Å². The van der Waals surface area contributed by atoms with E-state index in [2.05, 4.69) is 51.7 Å². The van der Waals surface area contributed by atoms with E-state index in [1.807, 2.05) is 6.07 Å². The standard InChI is InChI=1S/C24H24O3/c1-23(2)13-14-24(3,4)20-15-18(10-11-19(20)23)22(27)17-8-5-16(6-9-17)7-12-21(25)26/h5-6,8-11,15H,13-14H2,1-4H3,(H,25,26). The van der Waals surface area contributed by atoms with Gasteiger partial charge in [-0.2, -0.15) is 0 Å². The second-order valence-corrected chi connectivity index (χ2v) is 8.49. The highest BCUT2D eigenvalue weighted by molar-refractivity contribution is 6.09. The fraction of sp³-hybridized carbons (Fsp3) is 0.333. The van der Waals surface area contributed by atoms with Gasteiger partial charge in [0.1, 0.15) is 0 Å². The van der Waals surface area contributed by atoms with Gasteiger partial charge in [0.25, 0.3) is 0 Å². The first kappa shape index (κ1) is 18.9. The zero-order valence-corrected chi connectivity index (χ0v) is 16.2. The summed E-state index contributed by atoms with van der Waals surface area (Å²) in [7, 11) is 0. The Morgan fingerprint density at radius 2 is 1.41 bits per heavy atom. The summed E-state index contributed by atoms with van der Waals surface area (Å²) in [5.41, 5.74) is 4.59. The van der Waals surface area contributed by atoms with Crippen LogP contribution in [0.3, 0.4) is 0 Å². The van der Waals surface area contributed by atoms with Crippen LogP contribution in [0.5, 0.6) is 0 Å². The van der Waals surface area contributed by atoms with Crippen molar-refractivity contribution in [2.24, 2.45) is 0 Å². The van der Waals surface area contributed by atoms with Crippen LogP contribution in [0.2, 0.25) is 0 Å². The molecule has 0 unspecified atom stereocenters. The zero-order chi connectivity index (χ0) is 19.8. The maximum atomic E-state index is 13.0. The number of hydrogen-bond acceptors (Lipinski definition) is 2. The molecule has 0 spiro atoms. The number of aliphatic carboxylic acids is 1. The topological polar surface area (TPSA) is 54.4 Å². The van der Waals surface area contributed by atoms with E-state index >= 15 is 0 Å². The lowest BCUT2D eigenvalue weighted by molar-refractivity contribution is -0.130. The third kappa shape index (κ3) is 3.80. The van der Waals surface area contributed by atoms with Crippen molar-refractivity contribution < 1.29 is 14.7 Å². The number of carbonyl (C=O) groups is 2. The third-order valence-electron chi connectivity index (χ3n) is 5.58. The summed E-state index contributed by atoms with van der Waals surface area (Å²) in [5.74, 6) is 3.42. The van der Waals surface area contributed by atoms with E-state index in [1.54, 1.807) is 24.3 Å². The number of carboxylic acid groups (broad SMARTS) is 1. The molecule has 1 aliphatic carbocycles. The van der Waals surface area contributed by atoms with Gasteiger partial charge in [-0.25, -0.2) is 4.79 Å². The van der Waals surface area contributed by atoms with E-state index in [-0.39, 0.29) is 16.6 Å². The van der Waals surface area contributed by atoms with E-state index in [4.69, 9.17) is 5.11 Å². The number of carbonyl (C=O) groups excluding carboxylic acids is 1. The van der Waals surface area contributed by atoms with Crippen LogP contribution < -0.4 is 0 Å². The number of benzene rings is 2. The average Bonchev–Trinajstić information content (AvgIpc) is 2.63. The summed E-state index contributed by atoms with van der Waals surface area (Å²) in [4.78, 5) is 23.5. The van der Waals surface area contributed by atoms with Crippen molar-refractivity contribution in [1.29, 1.82) is 0 Å².